The van der Waals surface area contributed by atoms with E-state index in [1.54, 1.807) is 0 Å². The molecule has 5 nitrogen and oxygen atoms in total. The van der Waals surface area contributed by atoms with Gasteiger partial charge in [-0.1, -0.05) is 127 Å². The summed E-state index contributed by atoms with van der Waals surface area (Å²) in [4.78, 5) is 10.4. The maximum atomic E-state index is 6.49. The second-order valence-corrected chi connectivity index (χ2v) is 14.6. The first-order valence-corrected chi connectivity index (χ1v) is 19.2. The molecule has 0 fully saturated rings. The minimum Gasteiger partial charge on any atom is -0.456 e. The fraction of sp³-hybridized carbons (Fsp3) is 0. The van der Waals surface area contributed by atoms with E-state index < -0.39 is 0 Å². The van der Waals surface area contributed by atoms with E-state index in [2.05, 4.69) is 185 Å². The van der Waals surface area contributed by atoms with Crippen LogP contribution < -0.4 is 0 Å². The third-order valence-electron chi connectivity index (χ3n) is 11.3. The largest absolute Gasteiger partial charge is 0.456 e. The van der Waals surface area contributed by atoms with Crippen molar-refractivity contribution in [3.63, 3.8) is 0 Å². The molecule has 0 amide bonds. The topological polar surface area (TPSA) is 48.8 Å². The molecule has 0 atom stereocenters. The van der Waals surface area contributed by atoms with Gasteiger partial charge in [-0.15, -0.1) is 0 Å². The van der Waals surface area contributed by atoms with Crippen LogP contribution in [0.25, 0.3) is 111 Å². The second kappa shape index (κ2) is 12.4. The van der Waals surface area contributed by atoms with Gasteiger partial charge in [0.05, 0.1) is 33.5 Å². The van der Waals surface area contributed by atoms with Crippen LogP contribution >= 0.6 is 0 Å². The first-order valence-electron chi connectivity index (χ1n) is 19.2. The Labute approximate surface area is 327 Å². The number of benzene rings is 8. The molecule has 0 aliphatic heterocycles. The number of hydrogen-bond acceptors (Lipinski definition) is 3. The first-order chi connectivity index (χ1) is 28.3. The van der Waals surface area contributed by atoms with Crippen LogP contribution in [0.3, 0.4) is 0 Å². The summed E-state index contributed by atoms with van der Waals surface area (Å²) in [6.07, 6.45) is 0. The smallest absolute Gasteiger partial charge is 0.160 e. The second-order valence-electron chi connectivity index (χ2n) is 14.6. The van der Waals surface area contributed by atoms with E-state index in [1.807, 2.05) is 18.2 Å². The maximum absolute atomic E-state index is 6.49. The van der Waals surface area contributed by atoms with E-state index in [-0.39, 0.29) is 0 Å². The number of nitrogens with zero attached hydrogens (tertiary/aromatic N) is 4. The minimum absolute atomic E-state index is 0.674. The lowest BCUT2D eigenvalue weighted by atomic mass is 10.0. The third-order valence-corrected chi connectivity index (χ3v) is 11.3. The predicted molar refractivity (Wildman–Crippen MR) is 234 cm³/mol. The van der Waals surface area contributed by atoms with E-state index in [0.29, 0.717) is 5.82 Å². The number of para-hydroxylation sites is 3. The molecule has 4 heterocycles. The number of fused-ring (bicyclic) bond motifs is 10. The molecule has 0 aliphatic carbocycles. The van der Waals surface area contributed by atoms with Gasteiger partial charge in [0.25, 0.3) is 0 Å². The van der Waals surface area contributed by atoms with Crippen LogP contribution in [-0.4, -0.2) is 19.1 Å². The van der Waals surface area contributed by atoms with Gasteiger partial charge in [-0.05, 0) is 66.7 Å². The van der Waals surface area contributed by atoms with Crippen molar-refractivity contribution in [1.29, 1.82) is 0 Å². The van der Waals surface area contributed by atoms with Crippen molar-refractivity contribution < 1.29 is 4.42 Å². The van der Waals surface area contributed by atoms with Gasteiger partial charge in [0.15, 0.2) is 5.82 Å². The number of aromatic nitrogens is 4. The number of furan rings is 1. The molecule has 0 N–H and O–H groups in total. The van der Waals surface area contributed by atoms with Crippen molar-refractivity contribution in [3.05, 3.63) is 194 Å². The summed E-state index contributed by atoms with van der Waals surface area (Å²) in [5.41, 5.74) is 13.2. The van der Waals surface area contributed by atoms with E-state index >= 15 is 0 Å². The van der Waals surface area contributed by atoms with Crippen molar-refractivity contribution in [2.45, 2.75) is 0 Å². The molecule has 0 bridgehead atoms. The molecule has 0 saturated heterocycles. The van der Waals surface area contributed by atoms with Crippen LogP contribution in [-0.2, 0) is 0 Å². The molecule has 0 aliphatic rings. The summed E-state index contributed by atoms with van der Waals surface area (Å²) in [6.45, 7) is 0. The molecular weight excluding hydrogens is 697 g/mol. The Kier molecular flexibility index (Phi) is 6.86. The van der Waals surface area contributed by atoms with Crippen LogP contribution in [0.2, 0.25) is 0 Å². The van der Waals surface area contributed by atoms with Crippen LogP contribution in [0, 0.1) is 0 Å². The van der Waals surface area contributed by atoms with E-state index in [0.717, 1.165) is 77.9 Å². The van der Waals surface area contributed by atoms with Gasteiger partial charge >= 0.3 is 0 Å². The fourth-order valence-electron chi connectivity index (χ4n) is 8.79. The Morgan fingerprint density at radius 3 is 1.68 bits per heavy atom. The zero-order valence-electron chi connectivity index (χ0n) is 30.7. The quantitative estimate of drug-likeness (QED) is 0.177. The van der Waals surface area contributed by atoms with E-state index in [4.69, 9.17) is 14.4 Å². The zero-order chi connectivity index (χ0) is 37.5. The SMILES string of the molecule is c1ccc(-c2cc(-c3ccccc3)nc(-c3cccc(-n4c5cc6c(cc5c5c7c(ccc54)oc4ccccc47)c4ccccc4n6-c4ccccc4)c3)n2)cc1. The lowest BCUT2D eigenvalue weighted by Gasteiger charge is -2.12. The summed E-state index contributed by atoms with van der Waals surface area (Å²) in [6, 6.07) is 68.3. The molecule has 266 valence electrons. The molecule has 0 spiro atoms. The first kappa shape index (κ1) is 31.6. The fourth-order valence-corrected chi connectivity index (χ4v) is 8.79. The van der Waals surface area contributed by atoms with E-state index in [1.165, 1.54) is 27.1 Å². The van der Waals surface area contributed by atoms with Crippen molar-refractivity contribution in [3.8, 4) is 45.3 Å². The molecule has 0 unspecified atom stereocenters. The Hall–Kier alpha value is -7.76. The molecular formula is C52H32N4O. The molecule has 57 heavy (non-hydrogen) atoms. The highest BCUT2D eigenvalue weighted by atomic mass is 16.3. The Morgan fingerprint density at radius 1 is 0.333 bits per heavy atom. The average molecular weight is 729 g/mol. The van der Waals surface area contributed by atoms with Gasteiger partial charge in [0.1, 0.15) is 11.2 Å². The van der Waals surface area contributed by atoms with Crippen molar-refractivity contribution in [1.82, 2.24) is 19.1 Å². The Bertz CT molecular complexity index is 3450. The summed E-state index contributed by atoms with van der Waals surface area (Å²) in [5, 5.41) is 7.00. The summed E-state index contributed by atoms with van der Waals surface area (Å²) >= 11 is 0. The van der Waals surface area contributed by atoms with Crippen molar-refractivity contribution >= 4 is 65.6 Å². The van der Waals surface area contributed by atoms with Crippen LogP contribution in [0.4, 0.5) is 0 Å². The monoisotopic (exact) mass is 728 g/mol. The van der Waals surface area contributed by atoms with Crippen molar-refractivity contribution in [2.24, 2.45) is 0 Å². The lowest BCUT2D eigenvalue weighted by Crippen LogP contribution is -1.98. The molecule has 0 saturated carbocycles. The highest BCUT2D eigenvalue weighted by Crippen LogP contribution is 2.44. The molecule has 12 aromatic rings. The normalized spacial score (nSPS) is 11.9. The van der Waals surface area contributed by atoms with Crippen LogP contribution in [0.5, 0.6) is 0 Å². The minimum atomic E-state index is 0.674. The maximum Gasteiger partial charge on any atom is 0.160 e. The third kappa shape index (κ3) is 4.89. The molecule has 8 aromatic carbocycles. The molecule has 5 heteroatoms. The predicted octanol–water partition coefficient (Wildman–Crippen LogP) is 13.6. The van der Waals surface area contributed by atoms with Gasteiger partial charge < -0.3 is 13.6 Å². The Balaban J connectivity index is 1.17. The number of rotatable bonds is 5. The zero-order valence-corrected chi connectivity index (χ0v) is 30.7. The molecule has 0 radical (unpaired) electrons. The highest BCUT2D eigenvalue weighted by Gasteiger charge is 2.22. The van der Waals surface area contributed by atoms with Gasteiger partial charge in [0, 0.05) is 60.4 Å². The highest BCUT2D eigenvalue weighted by molar-refractivity contribution is 6.29. The summed E-state index contributed by atoms with van der Waals surface area (Å²) in [5.74, 6) is 0.674. The van der Waals surface area contributed by atoms with Gasteiger partial charge in [-0.3, -0.25) is 0 Å². The summed E-state index contributed by atoms with van der Waals surface area (Å²) in [7, 11) is 0. The van der Waals surface area contributed by atoms with Crippen LogP contribution in [0.1, 0.15) is 0 Å². The van der Waals surface area contributed by atoms with Gasteiger partial charge in [-0.25, -0.2) is 9.97 Å². The Morgan fingerprint density at radius 2 is 0.930 bits per heavy atom. The number of hydrogen-bond donors (Lipinski definition) is 0. The standard InChI is InChI=1S/C52H32N4O/c1-4-15-33(16-5-1)42-31-43(34-17-6-2-7-18-34)54-52(53-42)35-19-14-22-37(29-35)56-45-27-28-49-51(39-24-11-13-26-48(39)57-49)50(45)41-30-40-38-23-10-12-25-44(38)55(46(40)32-47(41)56)36-20-8-3-9-21-36/h1-32H. The summed E-state index contributed by atoms with van der Waals surface area (Å²) < 4.78 is 11.3. The van der Waals surface area contributed by atoms with Gasteiger partial charge in [-0.2, -0.15) is 0 Å². The van der Waals surface area contributed by atoms with Crippen LogP contribution in [0.15, 0.2) is 199 Å². The van der Waals surface area contributed by atoms with Crippen molar-refractivity contribution in [2.75, 3.05) is 0 Å². The van der Waals surface area contributed by atoms with E-state index in [9.17, 15) is 0 Å². The molecule has 12 rings (SSSR count). The van der Waals surface area contributed by atoms with Gasteiger partial charge in [0.2, 0.25) is 0 Å². The average Bonchev–Trinajstić information content (AvgIpc) is 3.93. The molecule has 4 aromatic heterocycles. The lowest BCUT2D eigenvalue weighted by molar-refractivity contribution is 0.669.